The quantitative estimate of drug-likeness (QED) is 0.836. The van der Waals surface area contributed by atoms with E-state index in [9.17, 15) is 9.59 Å². The number of furan rings is 1. The predicted molar refractivity (Wildman–Crippen MR) is 66.6 cm³/mol. The van der Waals surface area contributed by atoms with Gasteiger partial charge in [0.25, 0.3) is 0 Å². The summed E-state index contributed by atoms with van der Waals surface area (Å²) in [5, 5.41) is 8.86. The SMILES string of the molecule is Cc1cc(COc2cccc(C=O)c2)oc1C(=O)O. The summed E-state index contributed by atoms with van der Waals surface area (Å²) < 4.78 is 10.6. The lowest BCUT2D eigenvalue weighted by molar-refractivity contribution is 0.0657. The van der Waals surface area contributed by atoms with E-state index < -0.39 is 5.97 Å². The zero-order valence-corrected chi connectivity index (χ0v) is 10.3. The van der Waals surface area contributed by atoms with Gasteiger partial charge in [-0.15, -0.1) is 0 Å². The summed E-state index contributed by atoms with van der Waals surface area (Å²) >= 11 is 0. The van der Waals surface area contributed by atoms with E-state index in [-0.39, 0.29) is 12.4 Å². The first-order chi connectivity index (χ1) is 9.10. The Labute approximate surface area is 109 Å². The Balaban J connectivity index is 2.07. The molecule has 1 heterocycles. The van der Waals surface area contributed by atoms with Crippen molar-refractivity contribution in [3.05, 3.63) is 53.0 Å². The fraction of sp³-hybridized carbons (Fsp3) is 0.143. The van der Waals surface area contributed by atoms with Gasteiger partial charge in [-0.1, -0.05) is 12.1 Å². The van der Waals surface area contributed by atoms with Crippen LogP contribution < -0.4 is 4.74 Å². The van der Waals surface area contributed by atoms with Gasteiger partial charge >= 0.3 is 5.97 Å². The van der Waals surface area contributed by atoms with Crippen molar-refractivity contribution < 1.29 is 23.8 Å². The fourth-order valence-electron chi connectivity index (χ4n) is 1.66. The molecule has 1 aromatic heterocycles. The molecule has 1 N–H and O–H groups in total. The third-order valence-electron chi connectivity index (χ3n) is 2.54. The number of benzene rings is 1. The fourth-order valence-corrected chi connectivity index (χ4v) is 1.66. The van der Waals surface area contributed by atoms with Crippen LogP contribution in [0.5, 0.6) is 5.75 Å². The first kappa shape index (κ1) is 12.9. The van der Waals surface area contributed by atoms with Crippen LogP contribution in [-0.4, -0.2) is 17.4 Å². The number of carbonyl (C=O) groups excluding carboxylic acids is 1. The summed E-state index contributed by atoms with van der Waals surface area (Å²) in [6, 6.07) is 8.30. The number of ether oxygens (including phenoxy) is 1. The lowest BCUT2D eigenvalue weighted by atomic mass is 10.2. The van der Waals surface area contributed by atoms with Crippen molar-refractivity contribution in [3.63, 3.8) is 0 Å². The van der Waals surface area contributed by atoms with Gasteiger partial charge in [0.2, 0.25) is 5.76 Å². The number of aryl methyl sites for hydroxylation is 1. The van der Waals surface area contributed by atoms with Crippen LogP contribution in [-0.2, 0) is 6.61 Å². The molecular weight excluding hydrogens is 248 g/mol. The summed E-state index contributed by atoms with van der Waals surface area (Å²) in [6.07, 6.45) is 0.729. The molecule has 0 saturated heterocycles. The lowest BCUT2D eigenvalue weighted by Gasteiger charge is -2.04. The second kappa shape index (κ2) is 5.39. The van der Waals surface area contributed by atoms with Gasteiger partial charge in [0.15, 0.2) is 0 Å². The molecule has 0 unspecified atom stereocenters. The summed E-state index contributed by atoms with van der Waals surface area (Å²) in [5.74, 6) is -0.242. The Morgan fingerprint density at radius 3 is 2.84 bits per heavy atom. The van der Waals surface area contributed by atoms with Crippen LogP contribution in [0.2, 0.25) is 0 Å². The van der Waals surface area contributed by atoms with Crippen LogP contribution in [0.4, 0.5) is 0 Å². The molecule has 0 saturated carbocycles. The normalized spacial score (nSPS) is 10.2. The molecule has 0 fully saturated rings. The molecule has 2 rings (SSSR count). The maximum absolute atomic E-state index is 10.8. The van der Waals surface area contributed by atoms with Crippen LogP contribution in [0, 0.1) is 6.92 Å². The van der Waals surface area contributed by atoms with E-state index in [4.69, 9.17) is 14.3 Å². The zero-order chi connectivity index (χ0) is 13.8. The molecule has 5 heteroatoms. The van der Waals surface area contributed by atoms with E-state index in [1.165, 1.54) is 0 Å². The van der Waals surface area contributed by atoms with Crippen LogP contribution in [0.25, 0.3) is 0 Å². The molecule has 0 radical (unpaired) electrons. The minimum Gasteiger partial charge on any atom is -0.486 e. The zero-order valence-electron chi connectivity index (χ0n) is 10.3. The van der Waals surface area contributed by atoms with Crippen LogP contribution in [0.3, 0.4) is 0 Å². The Hall–Kier alpha value is -2.56. The maximum Gasteiger partial charge on any atom is 0.372 e. The van der Waals surface area contributed by atoms with E-state index in [0.29, 0.717) is 22.6 Å². The van der Waals surface area contributed by atoms with Crippen molar-refractivity contribution in [2.75, 3.05) is 0 Å². The highest BCUT2D eigenvalue weighted by Crippen LogP contribution is 2.18. The van der Waals surface area contributed by atoms with Gasteiger partial charge in [-0.05, 0) is 25.1 Å². The number of aromatic carboxylic acids is 1. The van der Waals surface area contributed by atoms with Gasteiger partial charge in [-0.3, -0.25) is 4.79 Å². The minimum absolute atomic E-state index is 0.0831. The second-order valence-electron chi connectivity index (χ2n) is 4.01. The second-order valence-corrected chi connectivity index (χ2v) is 4.01. The molecule has 0 aliphatic rings. The molecular formula is C14H12O5. The third kappa shape index (κ3) is 3.01. The van der Waals surface area contributed by atoms with Gasteiger partial charge in [-0.2, -0.15) is 0 Å². The molecule has 1 aromatic carbocycles. The summed E-state index contributed by atoms with van der Waals surface area (Å²) in [6.45, 7) is 1.76. The van der Waals surface area contributed by atoms with Gasteiger partial charge in [0.05, 0.1) is 0 Å². The number of hydrogen-bond acceptors (Lipinski definition) is 4. The Morgan fingerprint density at radius 1 is 1.42 bits per heavy atom. The Kier molecular flexibility index (Phi) is 3.66. The number of hydrogen-bond donors (Lipinski definition) is 1. The number of carboxylic acids is 1. The number of carboxylic acid groups (broad SMARTS) is 1. The topological polar surface area (TPSA) is 76.7 Å². The maximum atomic E-state index is 10.8. The summed E-state index contributed by atoms with van der Waals surface area (Å²) in [4.78, 5) is 21.4. The van der Waals surface area contributed by atoms with Crippen LogP contribution in [0.15, 0.2) is 34.7 Å². The van der Waals surface area contributed by atoms with Crippen molar-refractivity contribution in [3.8, 4) is 5.75 Å². The number of aldehydes is 1. The van der Waals surface area contributed by atoms with Gasteiger partial charge < -0.3 is 14.3 Å². The largest absolute Gasteiger partial charge is 0.486 e. The smallest absolute Gasteiger partial charge is 0.372 e. The number of carbonyl (C=O) groups is 2. The minimum atomic E-state index is -1.10. The first-order valence-corrected chi connectivity index (χ1v) is 5.61. The van der Waals surface area contributed by atoms with Gasteiger partial charge in [-0.25, -0.2) is 4.79 Å². The summed E-state index contributed by atoms with van der Waals surface area (Å²) in [7, 11) is 0. The van der Waals surface area contributed by atoms with E-state index in [1.807, 2.05) is 0 Å². The highest BCUT2D eigenvalue weighted by Gasteiger charge is 2.14. The molecule has 0 bridgehead atoms. The van der Waals surface area contributed by atoms with Crippen molar-refractivity contribution >= 4 is 12.3 Å². The van der Waals surface area contributed by atoms with Gasteiger partial charge in [0.1, 0.15) is 24.4 Å². The van der Waals surface area contributed by atoms with Gasteiger partial charge in [0, 0.05) is 11.1 Å². The third-order valence-corrected chi connectivity index (χ3v) is 2.54. The monoisotopic (exact) mass is 260 g/mol. The lowest BCUT2D eigenvalue weighted by Crippen LogP contribution is -1.96. The average Bonchev–Trinajstić information content (AvgIpc) is 2.78. The molecule has 0 spiro atoms. The van der Waals surface area contributed by atoms with E-state index in [1.54, 1.807) is 37.3 Å². The van der Waals surface area contributed by atoms with Crippen molar-refractivity contribution in [2.24, 2.45) is 0 Å². The standard InChI is InChI=1S/C14H12O5/c1-9-5-12(19-13(9)14(16)17)8-18-11-4-2-3-10(6-11)7-15/h2-7H,8H2,1H3,(H,16,17). The highest BCUT2D eigenvalue weighted by molar-refractivity contribution is 5.86. The van der Waals surface area contributed by atoms with Crippen LogP contribution >= 0.6 is 0 Å². The molecule has 0 aliphatic carbocycles. The Bertz CT molecular complexity index is 612. The van der Waals surface area contributed by atoms with Crippen molar-refractivity contribution in [2.45, 2.75) is 13.5 Å². The molecule has 0 atom stereocenters. The van der Waals surface area contributed by atoms with Crippen molar-refractivity contribution in [1.29, 1.82) is 0 Å². The molecule has 0 aliphatic heterocycles. The van der Waals surface area contributed by atoms with Crippen molar-refractivity contribution in [1.82, 2.24) is 0 Å². The van der Waals surface area contributed by atoms with E-state index in [2.05, 4.69) is 0 Å². The van der Waals surface area contributed by atoms with E-state index in [0.717, 1.165) is 6.29 Å². The number of rotatable bonds is 5. The Morgan fingerprint density at radius 2 is 2.21 bits per heavy atom. The predicted octanol–water partition coefficient (Wildman–Crippen LogP) is 2.68. The average molecular weight is 260 g/mol. The molecule has 98 valence electrons. The summed E-state index contributed by atoms with van der Waals surface area (Å²) in [5.41, 5.74) is 1.06. The molecule has 0 amide bonds. The molecule has 2 aromatic rings. The first-order valence-electron chi connectivity index (χ1n) is 5.61. The van der Waals surface area contributed by atoms with Crippen LogP contribution in [0.1, 0.15) is 32.2 Å². The highest BCUT2D eigenvalue weighted by atomic mass is 16.5. The molecule has 19 heavy (non-hydrogen) atoms. The molecule has 5 nitrogen and oxygen atoms in total. The van der Waals surface area contributed by atoms with E-state index >= 15 is 0 Å².